The number of hydrogen-bond donors (Lipinski definition) is 1. The summed E-state index contributed by atoms with van der Waals surface area (Å²) in [5.74, 6) is 0. The fourth-order valence-corrected chi connectivity index (χ4v) is 1.44. The predicted octanol–water partition coefficient (Wildman–Crippen LogP) is 2.17. The predicted molar refractivity (Wildman–Crippen MR) is 53.5 cm³/mol. The van der Waals surface area contributed by atoms with Crippen molar-refractivity contribution in [2.45, 2.75) is 19.4 Å². The van der Waals surface area contributed by atoms with Gasteiger partial charge in [0, 0.05) is 6.07 Å². The minimum absolute atomic E-state index is 0.105. The summed E-state index contributed by atoms with van der Waals surface area (Å²) in [5, 5.41) is 19.6. The van der Waals surface area contributed by atoms with Crippen molar-refractivity contribution >= 4 is 17.3 Å². The minimum Gasteiger partial charge on any atom is -0.393 e. The highest BCUT2D eigenvalue weighted by molar-refractivity contribution is 6.32. The molecule has 4 nitrogen and oxygen atoms in total. The first-order valence-corrected chi connectivity index (χ1v) is 4.49. The van der Waals surface area contributed by atoms with E-state index in [1.165, 1.54) is 12.1 Å². The van der Waals surface area contributed by atoms with Crippen molar-refractivity contribution in [3.8, 4) is 0 Å². The number of nitro benzene ring substituents is 1. The third-order valence-corrected chi connectivity index (χ3v) is 2.04. The van der Waals surface area contributed by atoms with Crippen LogP contribution < -0.4 is 0 Å². The zero-order valence-electron chi connectivity index (χ0n) is 7.61. The lowest BCUT2D eigenvalue weighted by Crippen LogP contribution is -2.04. The van der Waals surface area contributed by atoms with E-state index in [1.807, 2.05) is 0 Å². The molecule has 5 heteroatoms. The number of benzene rings is 1. The standard InChI is InChI=1S/C9H10ClNO3/c1-6(12)4-7-2-3-9(11(13)14)8(10)5-7/h2-3,5-6,12H,4H2,1H3. The maximum atomic E-state index is 10.4. The summed E-state index contributed by atoms with van der Waals surface area (Å²) in [5.41, 5.74) is 0.677. The normalized spacial score (nSPS) is 12.5. The van der Waals surface area contributed by atoms with Gasteiger partial charge in [-0.05, 0) is 25.0 Å². The van der Waals surface area contributed by atoms with Crippen LogP contribution in [0.3, 0.4) is 0 Å². The Bertz CT molecular complexity index is 352. The number of nitro groups is 1. The molecule has 0 saturated carbocycles. The molecule has 0 radical (unpaired) electrons. The zero-order valence-corrected chi connectivity index (χ0v) is 8.36. The van der Waals surface area contributed by atoms with E-state index in [9.17, 15) is 10.1 Å². The van der Waals surface area contributed by atoms with Crippen LogP contribution in [0.25, 0.3) is 0 Å². The van der Waals surface area contributed by atoms with Crippen molar-refractivity contribution in [3.63, 3.8) is 0 Å². The quantitative estimate of drug-likeness (QED) is 0.621. The lowest BCUT2D eigenvalue weighted by molar-refractivity contribution is -0.384. The lowest BCUT2D eigenvalue weighted by atomic mass is 10.1. The van der Waals surface area contributed by atoms with E-state index in [2.05, 4.69) is 0 Å². The van der Waals surface area contributed by atoms with E-state index < -0.39 is 11.0 Å². The largest absolute Gasteiger partial charge is 0.393 e. The van der Waals surface area contributed by atoms with E-state index in [0.29, 0.717) is 6.42 Å². The summed E-state index contributed by atoms with van der Waals surface area (Å²) in [7, 11) is 0. The summed E-state index contributed by atoms with van der Waals surface area (Å²) >= 11 is 5.68. The molecule has 1 aromatic rings. The van der Waals surface area contributed by atoms with Gasteiger partial charge >= 0.3 is 0 Å². The number of aliphatic hydroxyl groups is 1. The van der Waals surface area contributed by atoms with Gasteiger partial charge in [0.15, 0.2) is 0 Å². The summed E-state index contributed by atoms with van der Waals surface area (Å²) in [6.07, 6.45) is -0.0370. The maximum absolute atomic E-state index is 10.4. The molecule has 1 aromatic carbocycles. The molecule has 0 aliphatic carbocycles. The van der Waals surface area contributed by atoms with Crippen LogP contribution in [-0.2, 0) is 6.42 Å². The van der Waals surface area contributed by atoms with Gasteiger partial charge in [-0.1, -0.05) is 17.7 Å². The Balaban J connectivity index is 2.94. The third-order valence-electron chi connectivity index (χ3n) is 1.74. The molecule has 0 spiro atoms. The topological polar surface area (TPSA) is 63.4 Å². The van der Waals surface area contributed by atoms with Gasteiger partial charge in [0.25, 0.3) is 5.69 Å². The molecule has 0 saturated heterocycles. The van der Waals surface area contributed by atoms with Gasteiger partial charge in [0.05, 0.1) is 11.0 Å². The summed E-state index contributed by atoms with van der Waals surface area (Å²) in [6, 6.07) is 4.45. The molecule has 0 fully saturated rings. The highest BCUT2D eigenvalue weighted by Crippen LogP contribution is 2.25. The van der Waals surface area contributed by atoms with Crippen molar-refractivity contribution in [2.24, 2.45) is 0 Å². The van der Waals surface area contributed by atoms with Crippen LogP contribution in [0.5, 0.6) is 0 Å². The van der Waals surface area contributed by atoms with Crippen molar-refractivity contribution in [1.82, 2.24) is 0 Å². The molecule has 0 aliphatic heterocycles. The van der Waals surface area contributed by atoms with Crippen LogP contribution in [-0.4, -0.2) is 16.1 Å². The summed E-state index contributed by atoms with van der Waals surface area (Å²) < 4.78 is 0. The van der Waals surface area contributed by atoms with Gasteiger partial charge < -0.3 is 5.11 Å². The van der Waals surface area contributed by atoms with E-state index >= 15 is 0 Å². The molecule has 1 unspecified atom stereocenters. The minimum atomic E-state index is -0.533. The average molecular weight is 216 g/mol. The average Bonchev–Trinajstić information content (AvgIpc) is 2.01. The van der Waals surface area contributed by atoms with Crippen LogP contribution in [0.1, 0.15) is 12.5 Å². The fraction of sp³-hybridized carbons (Fsp3) is 0.333. The van der Waals surface area contributed by atoms with E-state index in [1.54, 1.807) is 13.0 Å². The van der Waals surface area contributed by atoms with Crippen LogP contribution >= 0.6 is 11.6 Å². The molecule has 14 heavy (non-hydrogen) atoms. The second kappa shape index (κ2) is 4.39. The number of hydrogen-bond acceptors (Lipinski definition) is 3. The molecular weight excluding hydrogens is 206 g/mol. The Morgan fingerprint density at radius 2 is 2.29 bits per heavy atom. The summed E-state index contributed by atoms with van der Waals surface area (Å²) in [6.45, 7) is 1.65. The highest BCUT2D eigenvalue weighted by atomic mass is 35.5. The van der Waals surface area contributed by atoms with E-state index in [-0.39, 0.29) is 10.7 Å². The van der Waals surface area contributed by atoms with Gasteiger partial charge in [0.2, 0.25) is 0 Å². The monoisotopic (exact) mass is 215 g/mol. The molecule has 0 aromatic heterocycles. The molecule has 1 rings (SSSR count). The Hall–Kier alpha value is -1.13. The molecule has 0 aliphatic rings. The number of halogens is 1. The number of aliphatic hydroxyl groups excluding tert-OH is 1. The van der Waals surface area contributed by atoms with Crippen LogP contribution in [0, 0.1) is 10.1 Å². The van der Waals surface area contributed by atoms with Crippen LogP contribution in [0.15, 0.2) is 18.2 Å². The second-order valence-corrected chi connectivity index (χ2v) is 3.50. The Morgan fingerprint density at radius 1 is 1.64 bits per heavy atom. The first-order valence-electron chi connectivity index (χ1n) is 4.11. The van der Waals surface area contributed by atoms with Gasteiger partial charge in [-0.15, -0.1) is 0 Å². The fourth-order valence-electron chi connectivity index (χ4n) is 1.17. The smallest absolute Gasteiger partial charge is 0.287 e. The van der Waals surface area contributed by atoms with Crippen molar-refractivity contribution < 1.29 is 10.0 Å². The molecule has 76 valence electrons. The van der Waals surface area contributed by atoms with Crippen molar-refractivity contribution in [3.05, 3.63) is 38.9 Å². The lowest BCUT2D eigenvalue weighted by Gasteiger charge is -2.04. The Kier molecular flexibility index (Phi) is 3.43. The second-order valence-electron chi connectivity index (χ2n) is 3.10. The van der Waals surface area contributed by atoms with Crippen molar-refractivity contribution in [1.29, 1.82) is 0 Å². The molecule has 0 bridgehead atoms. The van der Waals surface area contributed by atoms with E-state index in [4.69, 9.17) is 16.7 Å². The SMILES string of the molecule is CC(O)Cc1ccc([N+](=O)[O-])c(Cl)c1. The van der Waals surface area contributed by atoms with E-state index in [0.717, 1.165) is 5.56 Å². The molecule has 1 atom stereocenters. The first kappa shape index (κ1) is 10.9. The van der Waals surface area contributed by atoms with Gasteiger partial charge in [-0.3, -0.25) is 10.1 Å². The molecular formula is C9H10ClNO3. The molecule has 1 N–H and O–H groups in total. The number of nitrogens with zero attached hydrogens (tertiary/aromatic N) is 1. The highest BCUT2D eigenvalue weighted by Gasteiger charge is 2.12. The third kappa shape index (κ3) is 2.68. The maximum Gasteiger partial charge on any atom is 0.287 e. The van der Waals surface area contributed by atoms with Crippen molar-refractivity contribution in [2.75, 3.05) is 0 Å². The number of rotatable bonds is 3. The van der Waals surface area contributed by atoms with Crippen LogP contribution in [0.4, 0.5) is 5.69 Å². The summed E-state index contributed by atoms with van der Waals surface area (Å²) in [4.78, 5) is 9.89. The first-order chi connectivity index (χ1) is 6.50. The van der Waals surface area contributed by atoms with Gasteiger partial charge in [0.1, 0.15) is 5.02 Å². The Morgan fingerprint density at radius 3 is 2.71 bits per heavy atom. The zero-order chi connectivity index (χ0) is 10.7. The Labute approximate surface area is 86.3 Å². The van der Waals surface area contributed by atoms with Gasteiger partial charge in [-0.25, -0.2) is 0 Å². The molecule has 0 amide bonds. The molecule has 0 heterocycles. The van der Waals surface area contributed by atoms with Gasteiger partial charge in [-0.2, -0.15) is 0 Å². The van der Waals surface area contributed by atoms with Crippen LogP contribution in [0.2, 0.25) is 5.02 Å².